The van der Waals surface area contributed by atoms with Crippen LogP contribution in [0, 0.1) is 11.3 Å². The maximum atomic E-state index is 10.9. The van der Waals surface area contributed by atoms with Crippen molar-refractivity contribution in [2.24, 2.45) is 11.3 Å². The fraction of sp³-hybridized carbons (Fsp3) is 0.900. The van der Waals surface area contributed by atoms with E-state index in [1.54, 1.807) is 0 Å². The van der Waals surface area contributed by atoms with Gasteiger partial charge in [-0.05, 0) is 25.2 Å². The molecule has 0 spiro atoms. The molecule has 0 bridgehead atoms. The van der Waals surface area contributed by atoms with Crippen molar-refractivity contribution in [3.8, 4) is 0 Å². The van der Waals surface area contributed by atoms with Crippen molar-refractivity contribution < 1.29 is 9.53 Å². The molecule has 1 rings (SSSR count). The maximum Gasteiger partial charge on any atom is 0.128 e. The first-order valence-corrected chi connectivity index (χ1v) is 4.73. The van der Waals surface area contributed by atoms with E-state index in [-0.39, 0.29) is 5.41 Å². The summed E-state index contributed by atoms with van der Waals surface area (Å²) in [5.41, 5.74) is -0.135. The summed E-state index contributed by atoms with van der Waals surface area (Å²) < 4.78 is 5.25. The fourth-order valence-corrected chi connectivity index (χ4v) is 1.55. The minimum Gasteiger partial charge on any atom is -0.380 e. The van der Waals surface area contributed by atoms with Gasteiger partial charge in [0.1, 0.15) is 6.29 Å². The van der Waals surface area contributed by atoms with Crippen molar-refractivity contribution in [3.63, 3.8) is 0 Å². The monoisotopic (exact) mass is 170 g/mol. The zero-order valence-electron chi connectivity index (χ0n) is 8.01. The Hall–Kier alpha value is -0.370. The number of rotatable bonds is 4. The molecule has 2 heteroatoms. The zero-order valence-corrected chi connectivity index (χ0v) is 8.01. The van der Waals surface area contributed by atoms with Crippen molar-refractivity contribution >= 4 is 6.29 Å². The summed E-state index contributed by atoms with van der Waals surface area (Å²) in [5.74, 6) is 0.683. The van der Waals surface area contributed by atoms with E-state index in [0.29, 0.717) is 12.5 Å². The Morgan fingerprint density at radius 3 is 2.75 bits per heavy atom. The van der Waals surface area contributed by atoms with Crippen LogP contribution in [0.25, 0.3) is 0 Å². The summed E-state index contributed by atoms with van der Waals surface area (Å²) in [6, 6.07) is 0. The third kappa shape index (κ3) is 2.31. The van der Waals surface area contributed by atoms with Crippen molar-refractivity contribution in [2.75, 3.05) is 13.2 Å². The molecule has 0 N–H and O–H groups in total. The van der Waals surface area contributed by atoms with Crippen LogP contribution < -0.4 is 0 Å². The summed E-state index contributed by atoms with van der Waals surface area (Å²) in [6.45, 7) is 5.78. The number of ether oxygens (including phenoxy) is 1. The van der Waals surface area contributed by atoms with Crippen LogP contribution in [0.15, 0.2) is 0 Å². The van der Waals surface area contributed by atoms with E-state index < -0.39 is 0 Å². The molecule has 1 saturated heterocycles. The van der Waals surface area contributed by atoms with Crippen LogP contribution in [0.3, 0.4) is 0 Å². The van der Waals surface area contributed by atoms with Gasteiger partial charge in [-0.1, -0.05) is 13.8 Å². The molecule has 2 nitrogen and oxygen atoms in total. The van der Waals surface area contributed by atoms with Crippen LogP contribution in [0.4, 0.5) is 0 Å². The molecule has 1 fully saturated rings. The number of carbonyl (C=O) groups is 1. The quantitative estimate of drug-likeness (QED) is 0.603. The first kappa shape index (κ1) is 9.72. The highest BCUT2D eigenvalue weighted by Crippen LogP contribution is 2.32. The largest absolute Gasteiger partial charge is 0.380 e. The predicted molar refractivity (Wildman–Crippen MR) is 48.0 cm³/mol. The first-order valence-electron chi connectivity index (χ1n) is 4.73. The molecular weight excluding hydrogens is 152 g/mol. The molecule has 1 heterocycles. The molecule has 0 aliphatic carbocycles. The highest BCUT2D eigenvalue weighted by Gasteiger charge is 2.34. The van der Waals surface area contributed by atoms with Gasteiger partial charge in [-0.3, -0.25) is 0 Å². The van der Waals surface area contributed by atoms with Gasteiger partial charge in [0.05, 0.1) is 12.0 Å². The van der Waals surface area contributed by atoms with Crippen molar-refractivity contribution in [2.45, 2.75) is 33.1 Å². The average molecular weight is 170 g/mol. The SMILES string of the molecule is CC(C)CCC1(C=O)CCOC1. The van der Waals surface area contributed by atoms with E-state index in [0.717, 1.165) is 32.2 Å². The molecule has 1 atom stereocenters. The topological polar surface area (TPSA) is 26.3 Å². The number of hydrogen-bond acceptors (Lipinski definition) is 2. The Balaban J connectivity index is 2.39. The smallest absolute Gasteiger partial charge is 0.128 e. The predicted octanol–water partition coefficient (Wildman–Crippen LogP) is 2.03. The van der Waals surface area contributed by atoms with Gasteiger partial charge in [-0.25, -0.2) is 0 Å². The van der Waals surface area contributed by atoms with E-state index >= 15 is 0 Å². The fourth-order valence-electron chi connectivity index (χ4n) is 1.55. The average Bonchev–Trinajstić information content (AvgIpc) is 2.50. The van der Waals surface area contributed by atoms with Crippen LogP contribution in [-0.4, -0.2) is 19.5 Å². The highest BCUT2D eigenvalue weighted by atomic mass is 16.5. The van der Waals surface area contributed by atoms with Crippen LogP contribution >= 0.6 is 0 Å². The van der Waals surface area contributed by atoms with Crippen LogP contribution in [0.2, 0.25) is 0 Å². The minimum atomic E-state index is -0.135. The lowest BCUT2D eigenvalue weighted by Crippen LogP contribution is -2.23. The van der Waals surface area contributed by atoms with Crippen LogP contribution in [0.1, 0.15) is 33.1 Å². The standard InChI is InChI=1S/C10H18O2/c1-9(2)3-4-10(7-11)5-6-12-8-10/h7,9H,3-6,8H2,1-2H3. The molecule has 1 aliphatic rings. The maximum absolute atomic E-state index is 10.9. The summed E-state index contributed by atoms with van der Waals surface area (Å²) in [7, 11) is 0. The molecule has 70 valence electrons. The lowest BCUT2D eigenvalue weighted by Gasteiger charge is -2.20. The molecule has 0 radical (unpaired) electrons. The van der Waals surface area contributed by atoms with E-state index in [4.69, 9.17) is 4.74 Å². The lowest BCUT2D eigenvalue weighted by molar-refractivity contribution is -0.116. The van der Waals surface area contributed by atoms with E-state index in [2.05, 4.69) is 13.8 Å². The van der Waals surface area contributed by atoms with Gasteiger partial charge in [-0.2, -0.15) is 0 Å². The van der Waals surface area contributed by atoms with E-state index in [9.17, 15) is 4.79 Å². The molecule has 0 aromatic carbocycles. The Kier molecular flexibility index (Phi) is 3.27. The number of aldehydes is 1. The molecule has 1 aliphatic heterocycles. The highest BCUT2D eigenvalue weighted by molar-refractivity contribution is 5.60. The van der Waals surface area contributed by atoms with Gasteiger partial charge in [0.2, 0.25) is 0 Å². The molecule has 0 aromatic rings. The van der Waals surface area contributed by atoms with Crippen molar-refractivity contribution in [1.82, 2.24) is 0 Å². The first-order chi connectivity index (χ1) is 5.68. The molecule has 0 amide bonds. The normalized spacial score (nSPS) is 29.6. The van der Waals surface area contributed by atoms with Gasteiger partial charge < -0.3 is 9.53 Å². The van der Waals surface area contributed by atoms with Crippen LogP contribution in [0.5, 0.6) is 0 Å². The number of hydrogen-bond donors (Lipinski definition) is 0. The third-order valence-corrected chi connectivity index (χ3v) is 2.60. The second-order valence-corrected chi connectivity index (χ2v) is 4.22. The summed E-state index contributed by atoms with van der Waals surface area (Å²) in [5, 5.41) is 0. The zero-order chi connectivity index (χ0) is 9.03. The molecular formula is C10H18O2. The third-order valence-electron chi connectivity index (χ3n) is 2.60. The summed E-state index contributed by atoms with van der Waals surface area (Å²) in [4.78, 5) is 10.9. The Bertz CT molecular complexity index is 146. The van der Waals surface area contributed by atoms with Crippen molar-refractivity contribution in [3.05, 3.63) is 0 Å². The van der Waals surface area contributed by atoms with E-state index in [1.165, 1.54) is 0 Å². The second-order valence-electron chi connectivity index (χ2n) is 4.22. The number of carbonyl (C=O) groups excluding carboxylic acids is 1. The van der Waals surface area contributed by atoms with Crippen molar-refractivity contribution in [1.29, 1.82) is 0 Å². The van der Waals surface area contributed by atoms with Gasteiger partial charge in [-0.15, -0.1) is 0 Å². The van der Waals surface area contributed by atoms with Gasteiger partial charge in [0.25, 0.3) is 0 Å². The van der Waals surface area contributed by atoms with Gasteiger partial charge in [0, 0.05) is 6.61 Å². The minimum absolute atomic E-state index is 0.135. The molecule has 1 unspecified atom stereocenters. The molecule has 0 aromatic heterocycles. The Morgan fingerprint density at radius 1 is 1.58 bits per heavy atom. The Morgan fingerprint density at radius 2 is 2.33 bits per heavy atom. The Labute approximate surface area is 74.3 Å². The van der Waals surface area contributed by atoms with E-state index in [1.807, 2.05) is 0 Å². The second kappa shape index (κ2) is 4.04. The van der Waals surface area contributed by atoms with Crippen LogP contribution in [-0.2, 0) is 9.53 Å². The molecule has 0 saturated carbocycles. The van der Waals surface area contributed by atoms with Gasteiger partial charge >= 0.3 is 0 Å². The molecule has 12 heavy (non-hydrogen) atoms. The van der Waals surface area contributed by atoms with Gasteiger partial charge in [0.15, 0.2) is 0 Å². The summed E-state index contributed by atoms with van der Waals surface area (Å²) >= 11 is 0. The lowest BCUT2D eigenvalue weighted by atomic mass is 9.82. The summed E-state index contributed by atoms with van der Waals surface area (Å²) in [6.07, 6.45) is 4.14.